The Morgan fingerprint density at radius 3 is 2.89 bits per heavy atom. The van der Waals surface area contributed by atoms with Crippen LogP contribution in [0.15, 0.2) is 30.7 Å². The third kappa shape index (κ3) is 3.45. The first-order chi connectivity index (χ1) is 13.2. The highest BCUT2D eigenvalue weighted by Gasteiger charge is 2.24. The maximum Gasteiger partial charge on any atom is 0.341 e. The normalized spacial score (nSPS) is 13.6. The summed E-state index contributed by atoms with van der Waals surface area (Å²) in [5, 5.41) is 0. The molecule has 0 aliphatic heterocycles. The summed E-state index contributed by atoms with van der Waals surface area (Å²) in [5.41, 5.74) is 3.08. The minimum Gasteiger partial charge on any atom is -0.497 e. The molecular formula is C20H21N3O4. The molecule has 7 heteroatoms. The Labute approximate surface area is 156 Å². The number of carbonyl (C=O) groups excluding carboxylic acids is 1. The average molecular weight is 367 g/mol. The fourth-order valence-corrected chi connectivity index (χ4v) is 2.94. The molecule has 0 radical (unpaired) electrons. The molecule has 7 nitrogen and oxygen atoms in total. The maximum atomic E-state index is 12.2. The highest BCUT2D eigenvalue weighted by atomic mass is 16.5. The Bertz CT molecular complexity index is 979. The lowest BCUT2D eigenvalue weighted by molar-refractivity contribution is 0.0528. The van der Waals surface area contributed by atoms with E-state index in [2.05, 4.69) is 15.0 Å². The van der Waals surface area contributed by atoms with Crippen molar-refractivity contribution in [3.05, 3.63) is 36.3 Å². The number of nitrogens with one attached hydrogen (secondary N) is 1. The molecule has 0 saturated heterocycles. The molecular weight excluding hydrogens is 346 g/mol. The van der Waals surface area contributed by atoms with E-state index in [4.69, 9.17) is 14.2 Å². The molecule has 1 saturated carbocycles. The van der Waals surface area contributed by atoms with Gasteiger partial charge >= 0.3 is 5.97 Å². The van der Waals surface area contributed by atoms with E-state index in [9.17, 15) is 4.79 Å². The van der Waals surface area contributed by atoms with Crippen molar-refractivity contribution < 1.29 is 19.0 Å². The summed E-state index contributed by atoms with van der Waals surface area (Å²) in [6, 6.07) is 5.64. The molecule has 0 bridgehead atoms. The number of ether oxygens (including phenoxy) is 3. The lowest BCUT2D eigenvalue weighted by atomic mass is 10.1. The molecule has 1 aliphatic carbocycles. The standard InChI is InChI=1S/C20H21N3O4/c1-3-26-20(24)15-9-21-19-17(22-11-23-18(15)19)14-7-6-13(25-2)8-16(14)27-10-12-4-5-12/h6-9,11-12,21H,3-5,10H2,1-2H3. The molecule has 0 spiro atoms. The zero-order valence-corrected chi connectivity index (χ0v) is 15.3. The van der Waals surface area contributed by atoms with Crippen molar-refractivity contribution in [1.29, 1.82) is 0 Å². The average Bonchev–Trinajstić information content (AvgIpc) is 3.42. The predicted octanol–water partition coefficient (Wildman–Crippen LogP) is 3.60. The number of aromatic amines is 1. The number of methoxy groups -OCH3 is 1. The summed E-state index contributed by atoms with van der Waals surface area (Å²) in [5.74, 6) is 1.63. The molecule has 1 aromatic carbocycles. The Hall–Kier alpha value is -3.09. The second kappa shape index (κ2) is 7.26. The zero-order valence-electron chi connectivity index (χ0n) is 15.3. The van der Waals surface area contributed by atoms with Gasteiger partial charge in [-0.2, -0.15) is 0 Å². The number of esters is 1. The first-order valence-electron chi connectivity index (χ1n) is 9.01. The van der Waals surface area contributed by atoms with Crippen LogP contribution in [0.1, 0.15) is 30.1 Å². The van der Waals surface area contributed by atoms with Gasteiger partial charge in [-0.15, -0.1) is 0 Å². The van der Waals surface area contributed by atoms with Crippen molar-refractivity contribution in [2.45, 2.75) is 19.8 Å². The lowest BCUT2D eigenvalue weighted by Crippen LogP contribution is -2.04. The Morgan fingerprint density at radius 2 is 2.15 bits per heavy atom. The molecule has 0 unspecified atom stereocenters. The molecule has 1 aliphatic rings. The summed E-state index contributed by atoms with van der Waals surface area (Å²) < 4.78 is 16.5. The minimum absolute atomic E-state index is 0.307. The maximum absolute atomic E-state index is 12.2. The largest absolute Gasteiger partial charge is 0.497 e. The Balaban J connectivity index is 1.78. The highest BCUT2D eigenvalue weighted by Crippen LogP contribution is 2.37. The summed E-state index contributed by atoms with van der Waals surface area (Å²) in [7, 11) is 1.62. The quantitative estimate of drug-likeness (QED) is 0.642. The zero-order chi connectivity index (χ0) is 18.8. The van der Waals surface area contributed by atoms with Crippen LogP contribution < -0.4 is 9.47 Å². The van der Waals surface area contributed by atoms with Crippen molar-refractivity contribution in [2.75, 3.05) is 20.3 Å². The fourth-order valence-electron chi connectivity index (χ4n) is 2.94. The number of benzene rings is 1. The van der Waals surface area contributed by atoms with Crippen molar-refractivity contribution in [3.63, 3.8) is 0 Å². The van der Waals surface area contributed by atoms with Gasteiger partial charge in [0.05, 0.1) is 25.8 Å². The van der Waals surface area contributed by atoms with Crippen LogP contribution >= 0.6 is 0 Å². The molecule has 1 fully saturated rings. The van der Waals surface area contributed by atoms with Gasteiger partial charge in [0, 0.05) is 17.8 Å². The smallest absolute Gasteiger partial charge is 0.341 e. The molecule has 2 aromatic heterocycles. The van der Waals surface area contributed by atoms with Gasteiger partial charge in [-0.1, -0.05) is 0 Å². The number of hydrogen-bond donors (Lipinski definition) is 1. The van der Waals surface area contributed by atoms with Crippen molar-refractivity contribution in [3.8, 4) is 22.8 Å². The Kier molecular flexibility index (Phi) is 4.66. The first kappa shape index (κ1) is 17.3. The molecule has 4 rings (SSSR count). The first-order valence-corrected chi connectivity index (χ1v) is 9.01. The number of H-pyrrole nitrogens is 1. The molecule has 140 valence electrons. The Morgan fingerprint density at radius 1 is 1.30 bits per heavy atom. The van der Waals surface area contributed by atoms with Crippen molar-refractivity contribution in [1.82, 2.24) is 15.0 Å². The molecule has 27 heavy (non-hydrogen) atoms. The van der Waals surface area contributed by atoms with Crippen molar-refractivity contribution in [2.24, 2.45) is 5.92 Å². The van der Waals surface area contributed by atoms with E-state index in [1.165, 1.54) is 19.2 Å². The molecule has 0 amide bonds. The lowest BCUT2D eigenvalue weighted by Gasteiger charge is -2.13. The second-order valence-corrected chi connectivity index (χ2v) is 6.49. The third-order valence-corrected chi connectivity index (χ3v) is 4.57. The molecule has 2 heterocycles. The fraction of sp³-hybridized carbons (Fsp3) is 0.350. The van der Waals surface area contributed by atoms with E-state index in [1.54, 1.807) is 20.2 Å². The van der Waals surface area contributed by atoms with Crippen LogP contribution in [0.3, 0.4) is 0 Å². The van der Waals surface area contributed by atoms with Crippen LogP contribution in [0.4, 0.5) is 0 Å². The van der Waals surface area contributed by atoms with Gasteiger partial charge in [-0.25, -0.2) is 14.8 Å². The predicted molar refractivity (Wildman–Crippen MR) is 100 cm³/mol. The molecule has 1 N–H and O–H groups in total. The topological polar surface area (TPSA) is 86.3 Å². The van der Waals surface area contributed by atoms with Crippen LogP contribution in [0.5, 0.6) is 11.5 Å². The van der Waals surface area contributed by atoms with Gasteiger partial charge in [0.25, 0.3) is 0 Å². The van der Waals surface area contributed by atoms with Crippen LogP contribution in [0.25, 0.3) is 22.3 Å². The SMILES string of the molecule is CCOC(=O)c1c[nH]c2c(-c3ccc(OC)cc3OCC3CC3)ncnc12. The number of carbonyl (C=O) groups is 1. The number of hydrogen-bond acceptors (Lipinski definition) is 6. The monoisotopic (exact) mass is 367 g/mol. The van der Waals surface area contributed by atoms with Crippen LogP contribution in [-0.4, -0.2) is 41.2 Å². The van der Waals surface area contributed by atoms with Gasteiger partial charge in [0.1, 0.15) is 34.6 Å². The van der Waals surface area contributed by atoms with Crippen LogP contribution in [-0.2, 0) is 4.74 Å². The summed E-state index contributed by atoms with van der Waals surface area (Å²) >= 11 is 0. The number of nitrogens with zero attached hydrogens (tertiary/aromatic N) is 2. The van der Waals surface area contributed by atoms with E-state index in [1.807, 2.05) is 18.2 Å². The summed E-state index contributed by atoms with van der Waals surface area (Å²) in [6.45, 7) is 2.75. The third-order valence-electron chi connectivity index (χ3n) is 4.57. The van der Waals surface area contributed by atoms with E-state index in [0.717, 1.165) is 5.56 Å². The van der Waals surface area contributed by atoms with E-state index in [0.29, 0.717) is 52.9 Å². The number of fused-ring (bicyclic) bond motifs is 1. The van der Waals surface area contributed by atoms with Gasteiger partial charge in [-0.3, -0.25) is 0 Å². The van der Waals surface area contributed by atoms with Crippen LogP contribution in [0, 0.1) is 5.92 Å². The minimum atomic E-state index is -0.409. The van der Waals surface area contributed by atoms with Gasteiger partial charge in [0.2, 0.25) is 0 Å². The molecule has 3 aromatic rings. The van der Waals surface area contributed by atoms with E-state index in [-0.39, 0.29) is 0 Å². The highest BCUT2D eigenvalue weighted by molar-refractivity contribution is 6.05. The van der Waals surface area contributed by atoms with Crippen molar-refractivity contribution >= 4 is 17.0 Å². The molecule has 0 atom stereocenters. The van der Waals surface area contributed by atoms with Gasteiger partial charge in [0.15, 0.2) is 0 Å². The second-order valence-electron chi connectivity index (χ2n) is 6.49. The van der Waals surface area contributed by atoms with Gasteiger partial charge in [-0.05, 0) is 37.8 Å². The number of aromatic nitrogens is 3. The van der Waals surface area contributed by atoms with Gasteiger partial charge < -0.3 is 19.2 Å². The van der Waals surface area contributed by atoms with E-state index >= 15 is 0 Å². The van der Waals surface area contributed by atoms with Crippen LogP contribution in [0.2, 0.25) is 0 Å². The number of rotatable bonds is 7. The summed E-state index contributed by atoms with van der Waals surface area (Å²) in [4.78, 5) is 24.0. The summed E-state index contributed by atoms with van der Waals surface area (Å²) in [6.07, 6.45) is 5.46. The van der Waals surface area contributed by atoms with E-state index < -0.39 is 5.97 Å².